The molecule has 4 aliphatic rings. The van der Waals surface area contributed by atoms with E-state index in [2.05, 4.69) is 27.4 Å². The van der Waals surface area contributed by atoms with Crippen molar-refractivity contribution in [2.24, 2.45) is 23.0 Å². The van der Waals surface area contributed by atoms with E-state index in [-0.39, 0.29) is 29.7 Å². The predicted molar refractivity (Wildman–Crippen MR) is 137 cm³/mol. The van der Waals surface area contributed by atoms with Crippen molar-refractivity contribution < 1.29 is 22.3 Å². The second kappa shape index (κ2) is 10.8. The maximum atomic E-state index is 10.5. The quantitative estimate of drug-likeness (QED) is 0.209. The van der Waals surface area contributed by atoms with E-state index in [4.69, 9.17) is 19.6 Å². The van der Waals surface area contributed by atoms with Crippen molar-refractivity contribution >= 4 is 17.2 Å². The van der Waals surface area contributed by atoms with E-state index >= 15 is 0 Å². The third-order valence-corrected chi connectivity index (χ3v) is 9.20. The van der Waals surface area contributed by atoms with Gasteiger partial charge in [-0.15, -0.1) is 6.58 Å². The fraction of sp³-hybridized carbons (Fsp3) is 0.692. The Morgan fingerprint density at radius 3 is 2.41 bits per heavy atom. The molecule has 0 spiro atoms. The predicted octanol–water partition coefficient (Wildman–Crippen LogP) is 5.35. The smallest absolute Gasteiger partial charge is 0.404 e. The van der Waals surface area contributed by atoms with E-state index in [1.165, 1.54) is 44.2 Å². The molecule has 0 aromatic heterocycles. The van der Waals surface area contributed by atoms with Crippen LogP contribution in [0.4, 0.5) is 0 Å². The molecule has 1 aliphatic heterocycles. The van der Waals surface area contributed by atoms with E-state index in [9.17, 15) is 8.42 Å². The van der Waals surface area contributed by atoms with Gasteiger partial charge in [0.15, 0.2) is 0 Å². The van der Waals surface area contributed by atoms with Crippen molar-refractivity contribution in [2.75, 3.05) is 0 Å². The molecule has 190 valence electrons. The highest BCUT2D eigenvalue weighted by atomic mass is 32.2. The normalized spacial score (nSPS) is 29.9. The average molecular weight is 492 g/mol. The minimum absolute atomic E-state index is 0.0112. The zero-order valence-corrected chi connectivity index (χ0v) is 22.0. The first kappa shape index (κ1) is 27.4. The number of nitrogens with two attached hydrogens (primary N) is 1. The van der Waals surface area contributed by atoms with E-state index in [0.29, 0.717) is 11.3 Å². The van der Waals surface area contributed by atoms with Crippen LogP contribution in [0.3, 0.4) is 0 Å². The van der Waals surface area contributed by atoms with Gasteiger partial charge in [0.1, 0.15) is 0 Å². The first-order chi connectivity index (χ1) is 15.9. The first-order valence-electron chi connectivity index (χ1n) is 12.6. The maximum Gasteiger partial charge on any atom is 0.475 e. The summed E-state index contributed by atoms with van der Waals surface area (Å²) < 4.78 is 42.2. The van der Waals surface area contributed by atoms with Crippen molar-refractivity contribution in [1.82, 2.24) is 0 Å². The molecule has 3 N–H and O–H groups in total. The highest BCUT2D eigenvalue weighted by molar-refractivity contribution is 7.85. The number of rotatable bonds is 9. The van der Waals surface area contributed by atoms with Crippen LogP contribution in [-0.4, -0.2) is 37.7 Å². The SMILES string of the molecule is C=CCCCCCCC(N)B1OC2CC3CC(C3(C)C)C2(C)O1.Cc1ccc(S(=O)(=O)O)cc1. The molecule has 1 aromatic rings. The molecule has 8 heteroatoms. The Bertz CT molecular complexity index is 935. The summed E-state index contributed by atoms with van der Waals surface area (Å²) in [6, 6.07) is 5.99. The lowest BCUT2D eigenvalue weighted by Gasteiger charge is -2.64. The molecule has 4 fully saturated rings. The lowest BCUT2D eigenvalue weighted by atomic mass is 9.43. The number of hydrogen-bond donors (Lipinski definition) is 2. The molecule has 5 rings (SSSR count). The molecule has 3 saturated carbocycles. The minimum Gasteiger partial charge on any atom is -0.404 e. The second-order valence-electron chi connectivity index (χ2n) is 11.1. The van der Waals surface area contributed by atoms with Crippen LogP contribution >= 0.6 is 0 Å². The third kappa shape index (κ3) is 5.96. The second-order valence-corrected chi connectivity index (χ2v) is 12.5. The molecule has 3 aliphatic carbocycles. The highest BCUT2D eigenvalue weighted by Gasteiger charge is 2.68. The Labute approximate surface area is 206 Å². The summed E-state index contributed by atoms with van der Waals surface area (Å²) in [5, 5.41) is 0. The lowest BCUT2D eigenvalue weighted by molar-refractivity contribution is -0.199. The summed E-state index contributed by atoms with van der Waals surface area (Å²) in [5.41, 5.74) is 7.63. The summed E-state index contributed by atoms with van der Waals surface area (Å²) in [6.07, 6.45) is 11.7. The Kier molecular flexibility index (Phi) is 8.73. The van der Waals surface area contributed by atoms with Crippen LogP contribution in [0.15, 0.2) is 41.8 Å². The van der Waals surface area contributed by atoms with Gasteiger partial charge in [-0.05, 0) is 75.3 Å². The monoisotopic (exact) mass is 491 g/mol. The topological polar surface area (TPSA) is 98.9 Å². The van der Waals surface area contributed by atoms with Crippen LogP contribution in [0.25, 0.3) is 0 Å². The zero-order valence-electron chi connectivity index (χ0n) is 21.2. The van der Waals surface area contributed by atoms with E-state index in [0.717, 1.165) is 30.7 Å². The van der Waals surface area contributed by atoms with Gasteiger partial charge in [-0.3, -0.25) is 4.55 Å². The van der Waals surface area contributed by atoms with E-state index in [1.54, 1.807) is 12.1 Å². The molecular weight excluding hydrogens is 449 g/mol. The number of benzene rings is 1. The van der Waals surface area contributed by atoms with E-state index in [1.807, 2.05) is 13.0 Å². The molecule has 0 amide bonds. The van der Waals surface area contributed by atoms with Gasteiger partial charge >= 0.3 is 7.12 Å². The van der Waals surface area contributed by atoms with Crippen LogP contribution in [-0.2, 0) is 19.4 Å². The van der Waals surface area contributed by atoms with Crippen molar-refractivity contribution in [1.29, 1.82) is 0 Å². The van der Waals surface area contributed by atoms with Gasteiger partial charge in [0.2, 0.25) is 0 Å². The number of unbranched alkanes of at least 4 members (excludes halogenated alkanes) is 4. The van der Waals surface area contributed by atoms with Gasteiger partial charge in [0.25, 0.3) is 10.1 Å². The Morgan fingerprint density at radius 1 is 1.18 bits per heavy atom. The summed E-state index contributed by atoms with van der Waals surface area (Å²) >= 11 is 0. The van der Waals surface area contributed by atoms with Gasteiger partial charge in [0.05, 0.1) is 16.6 Å². The summed E-state index contributed by atoms with van der Waals surface area (Å²) in [5.74, 6) is 1.43. The van der Waals surface area contributed by atoms with Gasteiger partial charge in [-0.25, -0.2) is 0 Å². The largest absolute Gasteiger partial charge is 0.475 e. The number of allylic oxidation sites excluding steroid dienone is 1. The molecular formula is C26H42BNO5S. The summed E-state index contributed by atoms with van der Waals surface area (Å²) in [6.45, 7) is 12.7. The number of aryl methyl sites for hydroxylation is 1. The molecule has 34 heavy (non-hydrogen) atoms. The zero-order chi connectivity index (χ0) is 25.1. The Hall–Kier alpha value is -1.19. The fourth-order valence-corrected chi connectivity index (χ4v) is 6.43. The Balaban J connectivity index is 0.000000248. The van der Waals surface area contributed by atoms with Gasteiger partial charge < -0.3 is 15.0 Å². The summed E-state index contributed by atoms with van der Waals surface area (Å²) in [4.78, 5) is -0.0666. The van der Waals surface area contributed by atoms with Crippen LogP contribution < -0.4 is 5.73 Å². The lowest BCUT2D eigenvalue weighted by Crippen LogP contribution is -2.65. The Morgan fingerprint density at radius 2 is 1.82 bits per heavy atom. The van der Waals surface area contributed by atoms with Gasteiger partial charge in [0, 0.05) is 5.94 Å². The molecule has 2 bridgehead atoms. The molecule has 5 unspecified atom stereocenters. The number of hydrogen-bond acceptors (Lipinski definition) is 5. The van der Waals surface area contributed by atoms with Gasteiger partial charge in [-0.1, -0.05) is 56.9 Å². The maximum absolute atomic E-state index is 10.5. The van der Waals surface area contributed by atoms with Gasteiger partial charge in [-0.2, -0.15) is 8.42 Å². The van der Waals surface area contributed by atoms with Crippen molar-refractivity contribution in [3.63, 3.8) is 0 Å². The molecule has 6 nitrogen and oxygen atoms in total. The minimum atomic E-state index is -4.02. The van der Waals surface area contributed by atoms with E-state index < -0.39 is 10.1 Å². The molecule has 1 aromatic carbocycles. The van der Waals surface area contributed by atoms with Crippen molar-refractivity contribution in [3.05, 3.63) is 42.5 Å². The molecule has 0 radical (unpaired) electrons. The average Bonchev–Trinajstić information content (AvgIpc) is 3.13. The van der Waals surface area contributed by atoms with Crippen molar-refractivity contribution in [3.8, 4) is 0 Å². The third-order valence-electron chi connectivity index (χ3n) is 8.33. The van der Waals surface area contributed by atoms with Crippen molar-refractivity contribution in [2.45, 2.75) is 102 Å². The summed E-state index contributed by atoms with van der Waals surface area (Å²) in [7, 11) is -4.22. The van der Waals surface area contributed by atoms with Crippen LogP contribution in [0.5, 0.6) is 0 Å². The fourth-order valence-electron chi connectivity index (χ4n) is 5.95. The van der Waals surface area contributed by atoms with Crippen LogP contribution in [0.2, 0.25) is 0 Å². The molecule has 1 saturated heterocycles. The van der Waals surface area contributed by atoms with Crippen LogP contribution in [0, 0.1) is 24.2 Å². The van der Waals surface area contributed by atoms with Crippen LogP contribution in [0.1, 0.15) is 77.7 Å². The first-order valence-corrected chi connectivity index (χ1v) is 14.1. The standard InChI is InChI=1S/C19H34BNO2.C7H8O3S/c1-5-6-7-8-9-10-11-17(21)20-22-16-13-14-12-15(18(14,2)3)19(16,4)23-20;1-6-2-4-7(5-3-6)11(8,9)10/h5,14-17H,1,6-13,21H2,2-4H3;2-5H,1H3,(H,8,9,10). The highest BCUT2D eigenvalue weighted by Crippen LogP contribution is 2.65. The molecule has 1 heterocycles. The molecule has 5 atom stereocenters.